The van der Waals surface area contributed by atoms with Crippen LogP contribution in [0.3, 0.4) is 0 Å². The molecule has 140 valence electrons. The minimum absolute atomic E-state index is 0.0562. The van der Waals surface area contributed by atoms with Crippen molar-refractivity contribution in [2.45, 2.75) is 32.9 Å². The van der Waals surface area contributed by atoms with Crippen LogP contribution in [-0.2, 0) is 17.9 Å². The molecule has 0 aliphatic heterocycles. The maximum Gasteiger partial charge on any atom is 0.274 e. The fourth-order valence-corrected chi connectivity index (χ4v) is 3.10. The van der Waals surface area contributed by atoms with Gasteiger partial charge in [0.05, 0.1) is 29.1 Å². The van der Waals surface area contributed by atoms with E-state index >= 15 is 0 Å². The Hall–Kier alpha value is -3.07. The molecule has 3 rings (SSSR count). The molecule has 0 aliphatic carbocycles. The van der Waals surface area contributed by atoms with Crippen molar-refractivity contribution in [3.05, 3.63) is 58.6 Å². The molecule has 3 heterocycles. The molecule has 0 atom stereocenters. The largest absolute Gasteiger partial charge is 0.349 e. The first-order chi connectivity index (χ1) is 13.0. The van der Waals surface area contributed by atoms with E-state index in [1.807, 2.05) is 5.38 Å². The Labute approximate surface area is 160 Å². The Morgan fingerprint density at radius 2 is 2.15 bits per heavy atom. The number of carbonyl (C=O) groups excluding carboxylic acids is 2. The first-order valence-corrected chi connectivity index (χ1v) is 9.35. The summed E-state index contributed by atoms with van der Waals surface area (Å²) in [6.07, 6.45) is 4.64. The van der Waals surface area contributed by atoms with E-state index in [9.17, 15) is 9.59 Å². The number of carbonyl (C=O) groups is 2. The van der Waals surface area contributed by atoms with E-state index in [4.69, 9.17) is 0 Å². The van der Waals surface area contributed by atoms with Crippen molar-refractivity contribution >= 4 is 28.8 Å². The van der Waals surface area contributed by atoms with Crippen LogP contribution >= 0.6 is 11.3 Å². The smallest absolute Gasteiger partial charge is 0.274 e. The molecule has 9 heteroatoms. The average Bonchev–Trinajstić information content (AvgIpc) is 3.30. The van der Waals surface area contributed by atoms with Gasteiger partial charge in [-0.15, -0.1) is 11.3 Å². The number of rotatable bonds is 7. The van der Waals surface area contributed by atoms with E-state index in [1.165, 1.54) is 10.9 Å². The average molecular weight is 384 g/mol. The van der Waals surface area contributed by atoms with E-state index in [0.717, 1.165) is 10.7 Å². The van der Waals surface area contributed by atoms with Crippen LogP contribution in [0.5, 0.6) is 0 Å². The summed E-state index contributed by atoms with van der Waals surface area (Å²) in [6, 6.07) is 5.10. The van der Waals surface area contributed by atoms with Crippen molar-refractivity contribution in [3.63, 3.8) is 0 Å². The summed E-state index contributed by atoms with van der Waals surface area (Å²) < 4.78 is 1.46. The number of pyridine rings is 1. The molecule has 8 nitrogen and oxygen atoms in total. The summed E-state index contributed by atoms with van der Waals surface area (Å²) in [7, 11) is 0. The Bertz CT molecular complexity index is 919. The molecule has 0 radical (unpaired) electrons. The SMILES string of the molecule is CC(C)c1nc(CNC(=O)Cn2cc(NC(=O)c3ccccn3)cn2)cs1. The van der Waals surface area contributed by atoms with Crippen LogP contribution < -0.4 is 10.6 Å². The molecule has 2 amide bonds. The molecule has 0 unspecified atom stereocenters. The molecule has 0 bridgehead atoms. The van der Waals surface area contributed by atoms with Gasteiger partial charge in [0, 0.05) is 23.7 Å². The first kappa shape index (κ1) is 18.7. The monoisotopic (exact) mass is 384 g/mol. The second kappa shape index (κ2) is 8.54. The first-order valence-electron chi connectivity index (χ1n) is 8.47. The van der Waals surface area contributed by atoms with Gasteiger partial charge in [-0.05, 0) is 12.1 Å². The lowest BCUT2D eigenvalue weighted by atomic mass is 10.2. The lowest BCUT2D eigenvalue weighted by Gasteiger charge is -2.04. The molecule has 3 aromatic heterocycles. The van der Waals surface area contributed by atoms with Crippen LogP contribution in [0.2, 0.25) is 0 Å². The van der Waals surface area contributed by atoms with E-state index in [0.29, 0.717) is 23.8 Å². The zero-order valence-electron chi connectivity index (χ0n) is 15.0. The van der Waals surface area contributed by atoms with Crippen LogP contribution in [0.4, 0.5) is 5.69 Å². The molecule has 27 heavy (non-hydrogen) atoms. The highest BCUT2D eigenvalue weighted by atomic mass is 32.1. The van der Waals surface area contributed by atoms with E-state index in [2.05, 4.69) is 39.5 Å². The van der Waals surface area contributed by atoms with Crippen LogP contribution in [0.1, 0.15) is 41.0 Å². The van der Waals surface area contributed by atoms with Crippen molar-refractivity contribution in [3.8, 4) is 0 Å². The molecule has 0 aromatic carbocycles. The zero-order chi connectivity index (χ0) is 19.2. The number of hydrogen-bond acceptors (Lipinski definition) is 6. The van der Waals surface area contributed by atoms with Gasteiger partial charge in [-0.3, -0.25) is 19.3 Å². The highest BCUT2D eigenvalue weighted by Gasteiger charge is 2.11. The predicted molar refractivity (Wildman–Crippen MR) is 102 cm³/mol. The number of hydrogen-bond donors (Lipinski definition) is 2. The Morgan fingerprint density at radius 3 is 2.85 bits per heavy atom. The standard InChI is InChI=1S/C18H20N6O2S/c1-12(2)18-23-14(11-27-18)7-20-16(25)10-24-9-13(8-21-24)22-17(26)15-5-3-4-6-19-15/h3-6,8-9,11-12H,7,10H2,1-2H3,(H,20,25)(H,22,26). The van der Waals surface area contributed by atoms with Gasteiger partial charge in [0.15, 0.2) is 0 Å². The third-order valence-electron chi connectivity index (χ3n) is 3.62. The highest BCUT2D eigenvalue weighted by Crippen LogP contribution is 2.18. The van der Waals surface area contributed by atoms with Crippen molar-refractivity contribution in [2.24, 2.45) is 0 Å². The van der Waals surface area contributed by atoms with Gasteiger partial charge >= 0.3 is 0 Å². The van der Waals surface area contributed by atoms with Gasteiger partial charge in [-0.1, -0.05) is 19.9 Å². The molecular formula is C18H20N6O2S. The quantitative estimate of drug-likeness (QED) is 0.651. The molecule has 0 aliphatic rings. The van der Waals surface area contributed by atoms with Gasteiger partial charge in [0.2, 0.25) is 5.91 Å². The maximum atomic E-state index is 12.1. The second-order valence-electron chi connectivity index (χ2n) is 6.20. The summed E-state index contributed by atoms with van der Waals surface area (Å²) >= 11 is 1.60. The zero-order valence-corrected chi connectivity index (χ0v) is 15.9. The van der Waals surface area contributed by atoms with Crippen molar-refractivity contribution < 1.29 is 9.59 Å². The minimum atomic E-state index is -0.330. The molecule has 2 N–H and O–H groups in total. The van der Waals surface area contributed by atoms with Gasteiger partial charge in [0.25, 0.3) is 5.91 Å². The number of nitrogens with zero attached hydrogens (tertiary/aromatic N) is 4. The van der Waals surface area contributed by atoms with Crippen LogP contribution in [0.15, 0.2) is 42.2 Å². The number of thiazole rings is 1. The molecular weight excluding hydrogens is 364 g/mol. The molecule has 0 fully saturated rings. The van der Waals surface area contributed by atoms with E-state index in [1.54, 1.807) is 41.9 Å². The second-order valence-corrected chi connectivity index (χ2v) is 7.09. The lowest BCUT2D eigenvalue weighted by molar-refractivity contribution is -0.122. The van der Waals surface area contributed by atoms with Gasteiger partial charge < -0.3 is 10.6 Å². The van der Waals surface area contributed by atoms with Crippen LogP contribution in [-0.4, -0.2) is 31.6 Å². The van der Waals surface area contributed by atoms with Crippen molar-refractivity contribution in [1.29, 1.82) is 0 Å². The lowest BCUT2D eigenvalue weighted by Crippen LogP contribution is -2.27. The third kappa shape index (κ3) is 5.20. The van der Waals surface area contributed by atoms with Crippen molar-refractivity contribution in [1.82, 2.24) is 25.1 Å². The number of amides is 2. The van der Waals surface area contributed by atoms with E-state index < -0.39 is 0 Å². The maximum absolute atomic E-state index is 12.1. The fraction of sp³-hybridized carbons (Fsp3) is 0.278. The predicted octanol–water partition coefficient (Wildman–Crippen LogP) is 2.43. The third-order valence-corrected chi connectivity index (χ3v) is 4.82. The summed E-state index contributed by atoms with van der Waals surface area (Å²) in [4.78, 5) is 32.6. The summed E-state index contributed by atoms with van der Waals surface area (Å²) in [6.45, 7) is 4.61. The highest BCUT2D eigenvalue weighted by molar-refractivity contribution is 7.09. The Balaban J connectivity index is 1.49. The van der Waals surface area contributed by atoms with Gasteiger partial charge in [-0.2, -0.15) is 5.10 Å². The van der Waals surface area contributed by atoms with Crippen LogP contribution in [0, 0.1) is 0 Å². The number of aromatic nitrogens is 4. The summed E-state index contributed by atoms with van der Waals surface area (Å²) in [5, 5.41) is 12.6. The van der Waals surface area contributed by atoms with Gasteiger partial charge in [0.1, 0.15) is 12.2 Å². The molecule has 0 spiro atoms. The fourth-order valence-electron chi connectivity index (χ4n) is 2.27. The number of anilines is 1. The minimum Gasteiger partial charge on any atom is -0.349 e. The van der Waals surface area contributed by atoms with Crippen molar-refractivity contribution in [2.75, 3.05) is 5.32 Å². The van der Waals surface area contributed by atoms with Gasteiger partial charge in [-0.25, -0.2) is 4.98 Å². The number of nitrogens with one attached hydrogen (secondary N) is 2. The van der Waals surface area contributed by atoms with Crippen LogP contribution in [0.25, 0.3) is 0 Å². The Morgan fingerprint density at radius 1 is 1.30 bits per heavy atom. The molecule has 0 saturated carbocycles. The van der Waals surface area contributed by atoms with E-state index in [-0.39, 0.29) is 18.4 Å². The Kier molecular flexibility index (Phi) is 5.92. The summed E-state index contributed by atoms with van der Waals surface area (Å²) in [5.41, 5.74) is 1.66. The molecule has 0 saturated heterocycles. The molecule has 3 aromatic rings. The summed E-state index contributed by atoms with van der Waals surface area (Å²) in [5.74, 6) is -0.132. The topological polar surface area (TPSA) is 102 Å². The normalized spacial score (nSPS) is 10.8.